The van der Waals surface area contributed by atoms with Crippen LogP contribution in [0, 0.1) is 79.3 Å². The zero-order chi connectivity index (χ0) is 27.4. The molecule has 0 saturated heterocycles. The van der Waals surface area contributed by atoms with E-state index < -0.39 is 72.9 Å². The fraction of sp³-hybridized carbons (Fsp3) is 0.0870. The Labute approximate surface area is 197 Å². The summed E-state index contributed by atoms with van der Waals surface area (Å²) in [5.41, 5.74) is -12.1. The first-order valence-corrected chi connectivity index (χ1v) is 8.94. The summed E-state index contributed by atoms with van der Waals surface area (Å²) in [4.78, 5) is 0. The Kier molecular flexibility index (Phi) is 7.04. The Morgan fingerprint density at radius 2 is 1.06 bits per heavy atom. The maximum atomic E-state index is 14.0. The topological polar surface area (TPSA) is 167 Å². The fourth-order valence-corrected chi connectivity index (χ4v) is 3.29. The van der Waals surface area contributed by atoms with Crippen molar-refractivity contribution in [3.05, 3.63) is 67.6 Å². The second-order valence-corrected chi connectivity index (χ2v) is 6.54. The first-order valence-electron chi connectivity index (χ1n) is 8.94. The molecule has 0 unspecified atom stereocenters. The van der Waals surface area contributed by atoms with Gasteiger partial charge in [0.1, 0.15) is 48.1 Å². The summed E-state index contributed by atoms with van der Waals surface area (Å²) in [7, 11) is 0. The predicted molar refractivity (Wildman–Crippen MR) is 104 cm³/mol. The number of nitriles is 7. The zero-order valence-corrected chi connectivity index (χ0v) is 17.1. The van der Waals surface area contributed by atoms with E-state index in [4.69, 9.17) is 15.8 Å². The molecule has 2 aromatic carbocycles. The number of hydrogen-bond acceptors (Lipinski definition) is 7. The van der Waals surface area contributed by atoms with E-state index in [1.165, 1.54) is 30.3 Å². The molecule has 0 saturated carbocycles. The summed E-state index contributed by atoms with van der Waals surface area (Å²) < 4.78 is 82.8. The van der Waals surface area contributed by atoms with Gasteiger partial charge < -0.3 is 0 Å². The van der Waals surface area contributed by atoms with Crippen molar-refractivity contribution in [2.45, 2.75) is 12.4 Å². The highest BCUT2D eigenvalue weighted by Gasteiger charge is 2.44. The van der Waals surface area contributed by atoms with Gasteiger partial charge in [0.15, 0.2) is 0 Å². The Morgan fingerprint density at radius 1 is 0.583 bits per heavy atom. The van der Waals surface area contributed by atoms with E-state index in [0.29, 0.717) is 0 Å². The highest BCUT2D eigenvalue weighted by atomic mass is 19.4. The van der Waals surface area contributed by atoms with E-state index in [1.807, 2.05) is 0 Å². The van der Waals surface area contributed by atoms with E-state index in [1.54, 1.807) is 0 Å². The molecule has 172 valence electrons. The second kappa shape index (κ2) is 9.59. The molecule has 2 rings (SSSR count). The molecule has 2 aromatic rings. The predicted octanol–water partition coefficient (Wildman–Crippen LogP) is 3.13. The van der Waals surface area contributed by atoms with E-state index >= 15 is 0 Å². The van der Waals surface area contributed by atoms with E-state index in [0.717, 1.165) is 24.3 Å². The third kappa shape index (κ3) is 4.35. The molecule has 13 heteroatoms. The average Bonchev–Trinajstić information content (AvgIpc) is 2.82. The van der Waals surface area contributed by atoms with Crippen molar-refractivity contribution in [2.75, 3.05) is 0 Å². The van der Waals surface area contributed by atoms with Crippen molar-refractivity contribution in [3.63, 3.8) is 0 Å². The van der Waals surface area contributed by atoms with Crippen LogP contribution in [0.1, 0.15) is 38.9 Å². The van der Waals surface area contributed by atoms with Gasteiger partial charge in [0.25, 0.3) is 0 Å². The van der Waals surface area contributed by atoms with Crippen LogP contribution < -0.4 is 10.4 Å². The number of alkyl halides is 6. The van der Waals surface area contributed by atoms with Crippen LogP contribution >= 0.6 is 0 Å². The number of rotatable bonds is 1. The minimum absolute atomic E-state index is 0.135. The Bertz CT molecular complexity index is 1720. The van der Waals surface area contributed by atoms with Gasteiger partial charge in [-0.05, 0) is 6.07 Å². The minimum atomic E-state index is -5.54. The lowest BCUT2D eigenvalue weighted by Crippen LogP contribution is -2.24. The maximum Gasteiger partial charge on any atom is 0.418 e. The number of halogens is 6. The summed E-state index contributed by atoms with van der Waals surface area (Å²) in [6.45, 7) is 0. The summed E-state index contributed by atoms with van der Waals surface area (Å²) in [5.74, 6) is 0. The standard InChI is InChI=1S/C23H3F6N7/c24-22(25,26)20-3-14(21(23(27,28)29)19(10-36)18(20)9-35)16(7-33)13-2-1-12(11(4-30)5-31)15(6-32)17(13)8-34/h1-3H/b16-13-. The lowest BCUT2D eigenvalue weighted by atomic mass is 9.87. The molecule has 0 aliphatic heterocycles. The molecule has 7 nitrogen and oxygen atoms in total. The molecule has 36 heavy (non-hydrogen) atoms. The van der Waals surface area contributed by atoms with Crippen LogP contribution in [0.25, 0.3) is 11.1 Å². The molecular weight excluding hydrogens is 488 g/mol. The van der Waals surface area contributed by atoms with E-state index in [2.05, 4.69) is 0 Å². The smallest absolute Gasteiger partial charge is 0.192 e. The highest BCUT2D eigenvalue weighted by Crippen LogP contribution is 2.43. The van der Waals surface area contributed by atoms with E-state index in [9.17, 15) is 47.4 Å². The molecule has 0 spiro atoms. The number of benzene rings is 2. The monoisotopic (exact) mass is 491 g/mol. The van der Waals surface area contributed by atoms with Gasteiger partial charge in [0.2, 0.25) is 0 Å². The molecule has 0 heterocycles. The molecule has 0 aromatic heterocycles. The molecule has 0 N–H and O–H groups in total. The molecule has 0 atom stereocenters. The largest absolute Gasteiger partial charge is 0.418 e. The van der Waals surface area contributed by atoms with Crippen molar-refractivity contribution < 1.29 is 26.3 Å². The van der Waals surface area contributed by atoms with Crippen LogP contribution in [0.3, 0.4) is 0 Å². The van der Waals surface area contributed by atoms with Crippen LogP contribution in [-0.2, 0) is 12.4 Å². The SMILES string of the molecule is N#CC(C#N)=c1cc/c(=C(\C#N)c2cc(C(F)(F)F)c(C#N)c(C#N)c2C(F)(F)F)c(C#N)c1C#N. The molecule has 0 amide bonds. The molecule has 0 fully saturated rings. The Balaban J connectivity index is 3.45. The summed E-state index contributed by atoms with van der Waals surface area (Å²) >= 11 is 0. The quantitative estimate of drug-likeness (QED) is 0.552. The third-order valence-corrected chi connectivity index (χ3v) is 4.71. The van der Waals surface area contributed by atoms with Gasteiger partial charge in [0.05, 0.1) is 39.0 Å². The van der Waals surface area contributed by atoms with Crippen LogP contribution in [0.2, 0.25) is 0 Å². The maximum absolute atomic E-state index is 14.0. The first kappa shape index (κ1) is 26.4. The molecule has 0 aliphatic carbocycles. The van der Waals surface area contributed by atoms with Gasteiger partial charge in [-0.15, -0.1) is 0 Å². The lowest BCUT2D eigenvalue weighted by molar-refractivity contribution is -0.141. The van der Waals surface area contributed by atoms with Gasteiger partial charge in [0, 0.05) is 16.0 Å². The van der Waals surface area contributed by atoms with Gasteiger partial charge in [-0.2, -0.15) is 63.2 Å². The first-order chi connectivity index (χ1) is 16.9. The summed E-state index contributed by atoms with van der Waals surface area (Å²) in [6.07, 6.45) is -11.0. The summed E-state index contributed by atoms with van der Waals surface area (Å²) in [6, 6.07) is 10.5. The van der Waals surface area contributed by atoms with Crippen LogP contribution in [0.5, 0.6) is 0 Å². The fourth-order valence-electron chi connectivity index (χ4n) is 3.29. The second-order valence-electron chi connectivity index (χ2n) is 6.54. The van der Waals surface area contributed by atoms with Crippen molar-refractivity contribution in [1.82, 2.24) is 0 Å². The van der Waals surface area contributed by atoms with E-state index in [-0.39, 0.29) is 6.07 Å². The Hall–Kier alpha value is -5.81. The highest BCUT2D eigenvalue weighted by molar-refractivity contribution is 5.83. The molecule has 0 aliphatic rings. The van der Waals surface area contributed by atoms with Crippen LogP contribution in [-0.4, -0.2) is 0 Å². The van der Waals surface area contributed by atoms with Gasteiger partial charge in [-0.3, -0.25) is 0 Å². The van der Waals surface area contributed by atoms with Crippen molar-refractivity contribution >= 4 is 11.1 Å². The number of nitrogens with zero attached hydrogens (tertiary/aromatic N) is 7. The van der Waals surface area contributed by atoms with Crippen LogP contribution in [0.4, 0.5) is 26.3 Å². The third-order valence-electron chi connectivity index (χ3n) is 4.71. The van der Waals surface area contributed by atoms with Gasteiger partial charge >= 0.3 is 12.4 Å². The van der Waals surface area contributed by atoms with Crippen molar-refractivity contribution in [1.29, 1.82) is 36.8 Å². The molecule has 0 bridgehead atoms. The average molecular weight is 491 g/mol. The minimum Gasteiger partial charge on any atom is -0.192 e. The lowest BCUT2D eigenvalue weighted by Gasteiger charge is -2.19. The zero-order valence-electron chi connectivity index (χ0n) is 17.1. The summed E-state index contributed by atoms with van der Waals surface area (Å²) in [5, 5.41) is 64.0. The van der Waals surface area contributed by atoms with Crippen molar-refractivity contribution in [2.24, 2.45) is 0 Å². The van der Waals surface area contributed by atoms with Gasteiger partial charge in [-0.1, -0.05) is 12.1 Å². The Morgan fingerprint density at radius 3 is 1.44 bits per heavy atom. The molecule has 0 radical (unpaired) electrons. The van der Waals surface area contributed by atoms with Gasteiger partial charge in [-0.25, -0.2) is 0 Å². The normalized spacial score (nSPS) is 11.3. The van der Waals surface area contributed by atoms with Crippen LogP contribution in [0.15, 0.2) is 18.2 Å². The number of hydrogen-bond donors (Lipinski definition) is 0. The molecular formula is C23H3F6N7. The van der Waals surface area contributed by atoms with Crippen molar-refractivity contribution in [3.8, 4) is 42.5 Å².